The topological polar surface area (TPSA) is 15.3 Å². The molecule has 1 N–H and O–H groups in total. The molecule has 2 unspecified atom stereocenters. The summed E-state index contributed by atoms with van der Waals surface area (Å²) in [5, 5.41) is 3.66. The van der Waals surface area contributed by atoms with Gasteiger partial charge < -0.3 is 5.32 Å². The van der Waals surface area contributed by atoms with Gasteiger partial charge in [0.2, 0.25) is 0 Å². The smallest absolute Gasteiger partial charge is 0.0233 e. The third-order valence-electron chi connectivity index (χ3n) is 6.07. The second kappa shape index (κ2) is 7.61. The Morgan fingerprint density at radius 2 is 1.96 bits per heavy atom. The first-order valence-corrected chi connectivity index (χ1v) is 10.3. The van der Waals surface area contributed by atoms with Crippen molar-refractivity contribution >= 4 is 15.9 Å². The van der Waals surface area contributed by atoms with Gasteiger partial charge in [0.05, 0.1) is 0 Å². The summed E-state index contributed by atoms with van der Waals surface area (Å²) in [5.74, 6) is 0.609. The van der Waals surface area contributed by atoms with Crippen molar-refractivity contribution in [3.8, 4) is 0 Å². The normalized spacial score (nSPS) is 27.5. The van der Waals surface area contributed by atoms with Crippen molar-refractivity contribution in [2.75, 3.05) is 26.2 Å². The van der Waals surface area contributed by atoms with Crippen molar-refractivity contribution in [1.82, 2.24) is 10.2 Å². The minimum Gasteiger partial charge on any atom is -0.316 e. The third kappa shape index (κ3) is 3.84. The van der Waals surface area contributed by atoms with Gasteiger partial charge in [-0.25, -0.2) is 0 Å². The Labute approximate surface area is 159 Å². The fourth-order valence-electron chi connectivity index (χ4n) is 4.89. The highest BCUT2D eigenvalue weighted by molar-refractivity contribution is 9.10. The highest BCUT2D eigenvalue weighted by Crippen LogP contribution is 2.47. The first-order chi connectivity index (χ1) is 12.3. The molecule has 2 nitrogen and oxygen atoms in total. The van der Waals surface area contributed by atoms with Crippen LogP contribution in [0.3, 0.4) is 0 Å². The molecule has 0 bridgehead atoms. The average Bonchev–Trinajstić information content (AvgIpc) is 2.63. The molecule has 132 valence electrons. The first kappa shape index (κ1) is 17.3. The maximum Gasteiger partial charge on any atom is 0.0233 e. The molecule has 2 aliphatic heterocycles. The van der Waals surface area contributed by atoms with Gasteiger partial charge in [-0.15, -0.1) is 0 Å². The van der Waals surface area contributed by atoms with Gasteiger partial charge in [0.25, 0.3) is 0 Å². The molecule has 0 aliphatic carbocycles. The predicted octanol–water partition coefficient (Wildman–Crippen LogP) is 4.81. The van der Waals surface area contributed by atoms with Crippen LogP contribution in [0.5, 0.6) is 0 Å². The largest absolute Gasteiger partial charge is 0.316 e. The molecule has 2 aromatic rings. The molecule has 1 spiro atoms. The van der Waals surface area contributed by atoms with Crippen LogP contribution in [0.1, 0.15) is 36.3 Å². The minimum atomic E-state index is 0.416. The number of hydrogen-bond acceptors (Lipinski definition) is 2. The molecule has 2 aromatic carbocycles. The Morgan fingerprint density at radius 3 is 2.80 bits per heavy atom. The lowest BCUT2D eigenvalue weighted by Crippen LogP contribution is -2.52. The monoisotopic (exact) mass is 398 g/mol. The molecule has 2 aliphatic rings. The molecule has 25 heavy (non-hydrogen) atoms. The molecule has 0 saturated carbocycles. The van der Waals surface area contributed by atoms with Crippen LogP contribution in [0.2, 0.25) is 0 Å². The van der Waals surface area contributed by atoms with Crippen LogP contribution >= 0.6 is 15.9 Å². The number of benzene rings is 2. The molecule has 0 aromatic heterocycles. The molecule has 2 fully saturated rings. The van der Waals surface area contributed by atoms with Crippen molar-refractivity contribution in [2.45, 2.75) is 31.7 Å². The van der Waals surface area contributed by atoms with E-state index in [1.54, 1.807) is 0 Å². The van der Waals surface area contributed by atoms with Crippen LogP contribution in [0.4, 0.5) is 0 Å². The van der Waals surface area contributed by atoms with Gasteiger partial charge >= 0.3 is 0 Å². The predicted molar refractivity (Wildman–Crippen MR) is 108 cm³/mol. The second-order valence-corrected chi connectivity index (χ2v) is 8.64. The maximum absolute atomic E-state index is 3.67. The van der Waals surface area contributed by atoms with Crippen LogP contribution in [-0.2, 0) is 6.54 Å². The van der Waals surface area contributed by atoms with E-state index in [9.17, 15) is 0 Å². The molecule has 3 heteroatoms. The third-order valence-corrected chi connectivity index (χ3v) is 6.57. The van der Waals surface area contributed by atoms with Crippen molar-refractivity contribution < 1.29 is 0 Å². The fraction of sp³-hybridized carbons (Fsp3) is 0.455. The highest BCUT2D eigenvalue weighted by Gasteiger charge is 2.44. The molecule has 0 radical (unpaired) electrons. The van der Waals surface area contributed by atoms with Crippen LogP contribution in [0.25, 0.3) is 0 Å². The Kier molecular flexibility index (Phi) is 5.25. The standard InChI is InChI=1S/C22H27BrN2/c23-20-9-4-8-19(14-20)21-15-24-12-11-22(21)10-5-13-25(17-22)16-18-6-2-1-3-7-18/h1-4,6-9,14,21,24H,5,10-13,15-17H2. The molecular weight excluding hydrogens is 372 g/mol. The maximum atomic E-state index is 3.67. The molecule has 0 amide bonds. The van der Waals surface area contributed by atoms with E-state index >= 15 is 0 Å². The summed E-state index contributed by atoms with van der Waals surface area (Å²) < 4.78 is 1.20. The number of piperidine rings is 2. The van der Waals surface area contributed by atoms with Crippen LogP contribution in [-0.4, -0.2) is 31.1 Å². The van der Waals surface area contributed by atoms with Crippen LogP contribution in [0.15, 0.2) is 59.1 Å². The Balaban J connectivity index is 1.57. The van der Waals surface area contributed by atoms with E-state index in [-0.39, 0.29) is 0 Å². The molecule has 2 atom stereocenters. The Bertz CT molecular complexity index is 698. The van der Waals surface area contributed by atoms with E-state index in [1.165, 1.54) is 48.0 Å². The quantitative estimate of drug-likeness (QED) is 0.797. The Morgan fingerprint density at radius 1 is 1.08 bits per heavy atom. The van der Waals surface area contributed by atoms with Crippen molar-refractivity contribution in [1.29, 1.82) is 0 Å². The van der Waals surface area contributed by atoms with Crippen molar-refractivity contribution in [3.63, 3.8) is 0 Å². The van der Waals surface area contributed by atoms with Gasteiger partial charge in [-0.2, -0.15) is 0 Å². The van der Waals surface area contributed by atoms with Crippen LogP contribution in [0, 0.1) is 5.41 Å². The zero-order valence-electron chi connectivity index (χ0n) is 14.8. The van der Waals surface area contributed by atoms with Gasteiger partial charge in [-0.05, 0) is 61.0 Å². The molecule has 4 rings (SSSR count). The van der Waals surface area contributed by atoms with Gasteiger partial charge in [-0.1, -0.05) is 58.4 Å². The van der Waals surface area contributed by atoms with Gasteiger partial charge in [0.15, 0.2) is 0 Å². The minimum absolute atomic E-state index is 0.416. The van der Waals surface area contributed by atoms with E-state index in [1.807, 2.05) is 0 Å². The van der Waals surface area contributed by atoms with E-state index in [0.29, 0.717) is 11.3 Å². The van der Waals surface area contributed by atoms with Crippen LogP contribution < -0.4 is 5.32 Å². The highest BCUT2D eigenvalue weighted by atomic mass is 79.9. The zero-order valence-corrected chi connectivity index (χ0v) is 16.3. The summed E-state index contributed by atoms with van der Waals surface area (Å²) >= 11 is 3.67. The lowest BCUT2D eigenvalue weighted by molar-refractivity contribution is 0.0363. The lowest BCUT2D eigenvalue weighted by Gasteiger charge is -2.50. The second-order valence-electron chi connectivity index (χ2n) is 7.72. The van der Waals surface area contributed by atoms with E-state index < -0.39 is 0 Å². The summed E-state index contributed by atoms with van der Waals surface area (Å²) in [6, 6.07) is 19.9. The number of nitrogens with zero attached hydrogens (tertiary/aromatic N) is 1. The average molecular weight is 399 g/mol. The number of rotatable bonds is 3. The number of halogens is 1. The number of hydrogen-bond donors (Lipinski definition) is 1. The first-order valence-electron chi connectivity index (χ1n) is 9.48. The van der Waals surface area contributed by atoms with Gasteiger partial charge in [0, 0.05) is 30.0 Å². The summed E-state index contributed by atoms with van der Waals surface area (Å²) in [6.07, 6.45) is 3.96. The van der Waals surface area contributed by atoms with Gasteiger partial charge in [0.1, 0.15) is 0 Å². The molecular formula is C22H27BrN2. The summed E-state index contributed by atoms with van der Waals surface area (Å²) in [5.41, 5.74) is 3.34. The van der Waals surface area contributed by atoms with Crippen molar-refractivity contribution in [3.05, 3.63) is 70.2 Å². The van der Waals surface area contributed by atoms with E-state index in [0.717, 1.165) is 19.6 Å². The van der Waals surface area contributed by atoms with Crippen molar-refractivity contribution in [2.24, 2.45) is 5.41 Å². The lowest BCUT2D eigenvalue weighted by atomic mass is 9.63. The number of likely N-dealkylation sites (tertiary alicyclic amines) is 1. The zero-order chi connectivity index (χ0) is 17.1. The summed E-state index contributed by atoms with van der Waals surface area (Å²) in [4.78, 5) is 2.69. The summed E-state index contributed by atoms with van der Waals surface area (Å²) in [7, 11) is 0. The number of nitrogens with one attached hydrogen (secondary N) is 1. The molecule has 2 saturated heterocycles. The SMILES string of the molecule is Brc1cccc(C2CNCCC23CCCN(Cc2ccccc2)C3)c1. The van der Waals surface area contributed by atoms with E-state index in [4.69, 9.17) is 0 Å². The molecule has 2 heterocycles. The Hall–Kier alpha value is -1.16. The summed E-state index contributed by atoms with van der Waals surface area (Å²) in [6.45, 7) is 5.80. The van der Waals surface area contributed by atoms with E-state index in [2.05, 4.69) is 80.7 Å². The fourth-order valence-corrected chi connectivity index (χ4v) is 5.31. The van der Waals surface area contributed by atoms with Gasteiger partial charge in [-0.3, -0.25) is 4.90 Å².